The summed E-state index contributed by atoms with van der Waals surface area (Å²) in [5, 5.41) is 20.5. The first-order chi connectivity index (χ1) is 10.9. The summed E-state index contributed by atoms with van der Waals surface area (Å²) in [4.78, 5) is 11.5. The molecule has 0 spiro atoms. The minimum absolute atomic E-state index is 0.179. The molecular formula is C17H25ClO5. The molecule has 0 fully saturated rings. The zero-order chi connectivity index (χ0) is 17.2. The van der Waals surface area contributed by atoms with E-state index < -0.39 is 18.1 Å². The minimum atomic E-state index is -0.954. The lowest BCUT2D eigenvalue weighted by atomic mass is 9.98. The maximum Gasteiger partial charge on any atom is 0.308 e. The van der Waals surface area contributed by atoms with E-state index in [1.807, 2.05) is 0 Å². The second-order valence-corrected chi connectivity index (χ2v) is 5.90. The van der Waals surface area contributed by atoms with Crippen LogP contribution in [0.1, 0.15) is 33.1 Å². The smallest absolute Gasteiger partial charge is 0.308 e. The Balaban J connectivity index is 2.23. The molecule has 3 atom stereocenters. The molecule has 23 heavy (non-hydrogen) atoms. The summed E-state index contributed by atoms with van der Waals surface area (Å²) in [5.41, 5.74) is 0. The molecule has 2 N–H and O–H groups in total. The van der Waals surface area contributed by atoms with Gasteiger partial charge in [-0.2, -0.15) is 0 Å². The topological polar surface area (TPSA) is 76.0 Å². The second-order valence-electron chi connectivity index (χ2n) is 5.47. The molecule has 130 valence electrons. The van der Waals surface area contributed by atoms with Gasteiger partial charge in [-0.05, 0) is 50.5 Å². The summed E-state index contributed by atoms with van der Waals surface area (Å²) < 4.78 is 10.4. The number of carbonyl (C=O) groups is 1. The van der Waals surface area contributed by atoms with Crippen LogP contribution in [0.5, 0.6) is 5.75 Å². The van der Waals surface area contributed by atoms with Gasteiger partial charge in [0.2, 0.25) is 0 Å². The average molecular weight is 345 g/mol. The number of benzene rings is 1. The lowest BCUT2D eigenvalue weighted by Crippen LogP contribution is -2.30. The number of esters is 1. The Morgan fingerprint density at radius 2 is 1.87 bits per heavy atom. The maximum absolute atomic E-state index is 11.5. The van der Waals surface area contributed by atoms with Crippen LogP contribution in [0.4, 0.5) is 0 Å². The van der Waals surface area contributed by atoms with E-state index in [1.54, 1.807) is 38.1 Å². The van der Waals surface area contributed by atoms with E-state index in [0.717, 1.165) is 0 Å². The van der Waals surface area contributed by atoms with Crippen LogP contribution in [0.25, 0.3) is 0 Å². The van der Waals surface area contributed by atoms with Crippen LogP contribution in [0.3, 0.4) is 0 Å². The van der Waals surface area contributed by atoms with Gasteiger partial charge in [-0.15, -0.1) is 0 Å². The third-order valence-electron chi connectivity index (χ3n) is 3.45. The fourth-order valence-corrected chi connectivity index (χ4v) is 2.23. The summed E-state index contributed by atoms with van der Waals surface area (Å²) in [7, 11) is 0. The summed E-state index contributed by atoms with van der Waals surface area (Å²) >= 11 is 5.78. The number of carbonyl (C=O) groups excluding carboxylic acids is 1. The molecule has 0 aromatic heterocycles. The van der Waals surface area contributed by atoms with Gasteiger partial charge in [0.15, 0.2) is 0 Å². The highest BCUT2D eigenvalue weighted by molar-refractivity contribution is 6.30. The molecule has 3 unspecified atom stereocenters. The van der Waals surface area contributed by atoms with Crippen molar-refractivity contribution in [1.82, 2.24) is 0 Å². The van der Waals surface area contributed by atoms with Gasteiger partial charge in [0.1, 0.15) is 5.75 Å². The average Bonchev–Trinajstić information content (AvgIpc) is 2.53. The van der Waals surface area contributed by atoms with E-state index in [9.17, 15) is 15.0 Å². The molecule has 1 aromatic carbocycles. The van der Waals surface area contributed by atoms with Gasteiger partial charge < -0.3 is 19.7 Å². The normalized spacial score (nSPS) is 14.8. The second kappa shape index (κ2) is 10.5. The highest BCUT2D eigenvalue weighted by Crippen LogP contribution is 2.17. The van der Waals surface area contributed by atoms with E-state index in [2.05, 4.69) is 0 Å². The van der Waals surface area contributed by atoms with Gasteiger partial charge in [0.25, 0.3) is 0 Å². The zero-order valence-corrected chi connectivity index (χ0v) is 14.3. The standard InChI is InChI=1S/C17H25ClO5/c1-3-22-17(21)12(2)11-16(20)15(19)5-4-10-23-14-8-6-13(18)7-9-14/h6-9,12,15-16,19-20H,3-5,10-11H2,1-2H3. The van der Waals surface area contributed by atoms with Crippen LogP contribution in [-0.2, 0) is 9.53 Å². The number of hydrogen-bond acceptors (Lipinski definition) is 5. The fraction of sp³-hybridized carbons (Fsp3) is 0.588. The van der Waals surface area contributed by atoms with E-state index >= 15 is 0 Å². The van der Waals surface area contributed by atoms with Gasteiger partial charge in [-0.1, -0.05) is 18.5 Å². The molecule has 0 aliphatic heterocycles. The van der Waals surface area contributed by atoms with Gasteiger partial charge in [-0.25, -0.2) is 0 Å². The largest absolute Gasteiger partial charge is 0.494 e. The van der Waals surface area contributed by atoms with Crippen molar-refractivity contribution >= 4 is 17.6 Å². The van der Waals surface area contributed by atoms with Crippen LogP contribution >= 0.6 is 11.6 Å². The Labute approximate surface area is 142 Å². The molecule has 0 saturated carbocycles. The first-order valence-corrected chi connectivity index (χ1v) is 8.23. The molecule has 1 aromatic rings. The lowest BCUT2D eigenvalue weighted by Gasteiger charge is -2.20. The highest BCUT2D eigenvalue weighted by Gasteiger charge is 2.23. The maximum atomic E-state index is 11.5. The van der Waals surface area contributed by atoms with E-state index in [-0.39, 0.29) is 12.4 Å². The quantitative estimate of drug-likeness (QED) is 0.504. The SMILES string of the molecule is CCOC(=O)C(C)CC(O)C(O)CCCOc1ccc(Cl)cc1. The lowest BCUT2D eigenvalue weighted by molar-refractivity contribution is -0.149. The molecule has 0 saturated heterocycles. The Morgan fingerprint density at radius 3 is 2.48 bits per heavy atom. The van der Waals surface area contributed by atoms with Crippen molar-refractivity contribution in [3.05, 3.63) is 29.3 Å². The van der Waals surface area contributed by atoms with Crippen molar-refractivity contribution in [3.63, 3.8) is 0 Å². The minimum Gasteiger partial charge on any atom is -0.494 e. The molecule has 5 nitrogen and oxygen atoms in total. The third kappa shape index (κ3) is 7.68. The summed E-state index contributed by atoms with van der Waals surface area (Å²) in [5.74, 6) is -0.0879. The van der Waals surface area contributed by atoms with Crippen molar-refractivity contribution in [1.29, 1.82) is 0 Å². The van der Waals surface area contributed by atoms with Crippen molar-refractivity contribution in [2.75, 3.05) is 13.2 Å². The summed E-state index contributed by atoms with van der Waals surface area (Å²) in [6.07, 6.45) is -0.678. The Hall–Kier alpha value is -1.30. The van der Waals surface area contributed by atoms with Crippen LogP contribution in [0.2, 0.25) is 5.02 Å². The number of aliphatic hydroxyl groups excluding tert-OH is 2. The Bertz CT molecular complexity index is 463. The van der Waals surface area contributed by atoms with Crippen molar-refractivity contribution in [2.24, 2.45) is 5.92 Å². The number of ether oxygens (including phenoxy) is 2. The van der Waals surface area contributed by atoms with Crippen LogP contribution in [-0.4, -0.2) is 41.6 Å². The molecule has 1 rings (SSSR count). The first kappa shape index (κ1) is 19.7. The number of hydrogen-bond donors (Lipinski definition) is 2. The molecule has 0 amide bonds. The van der Waals surface area contributed by atoms with Crippen LogP contribution < -0.4 is 4.74 Å². The van der Waals surface area contributed by atoms with Gasteiger partial charge in [-0.3, -0.25) is 4.79 Å². The summed E-state index contributed by atoms with van der Waals surface area (Å²) in [6, 6.07) is 7.03. The predicted molar refractivity (Wildman–Crippen MR) is 88.6 cm³/mol. The molecule has 0 heterocycles. The number of halogens is 1. The zero-order valence-electron chi connectivity index (χ0n) is 13.6. The molecular weight excluding hydrogens is 320 g/mol. The highest BCUT2D eigenvalue weighted by atomic mass is 35.5. The van der Waals surface area contributed by atoms with Crippen LogP contribution in [0.15, 0.2) is 24.3 Å². The Morgan fingerprint density at radius 1 is 1.22 bits per heavy atom. The molecule has 0 aliphatic rings. The van der Waals surface area contributed by atoms with Crippen LogP contribution in [0, 0.1) is 5.92 Å². The van der Waals surface area contributed by atoms with E-state index in [1.165, 1.54) is 0 Å². The van der Waals surface area contributed by atoms with Gasteiger partial charge in [0.05, 0.1) is 31.3 Å². The first-order valence-electron chi connectivity index (χ1n) is 7.85. The molecule has 0 bridgehead atoms. The predicted octanol–water partition coefficient (Wildman–Crippen LogP) is 2.81. The van der Waals surface area contributed by atoms with E-state index in [0.29, 0.717) is 36.8 Å². The number of aliphatic hydroxyl groups is 2. The Kier molecular flexibility index (Phi) is 8.99. The van der Waals surface area contributed by atoms with Crippen molar-refractivity contribution in [3.8, 4) is 5.75 Å². The van der Waals surface area contributed by atoms with Crippen molar-refractivity contribution < 1.29 is 24.5 Å². The summed E-state index contributed by atoms with van der Waals surface area (Å²) in [6.45, 7) is 4.15. The fourth-order valence-electron chi connectivity index (χ4n) is 2.11. The van der Waals surface area contributed by atoms with Gasteiger partial charge >= 0.3 is 5.97 Å². The monoisotopic (exact) mass is 344 g/mol. The molecule has 6 heteroatoms. The molecule has 0 aliphatic carbocycles. The third-order valence-corrected chi connectivity index (χ3v) is 3.71. The van der Waals surface area contributed by atoms with E-state index in [4.69, 9.17) is 21.1 Å². The number of rotatable bonds is 10. The van der Waals surface area contributed by atoms with Gasteiger partial charge in [0, 0.05) is 5.02 Å². The molecule has 0 radical (unpaired) electrons. The van der Waals surface area contributed by atoms with Crippen molar-refractivity contribution in [2.45, 2.75) is 45.3 Å².